The third kappa shape index (κ3) is 4.87. The highest BCUT2D eigenvalue weighted by atomic mass is 19.3. The number of carbonyl (C=O) groups is 2. The molecule has 0 bridgehead atoms. The van der Waals surface area contributed by atoms with E-state index in [1.165, 1.54) is 12.1 Å². The van der Waals surface area contributed by atoms with Crippen molar-refractivity contribution in [3.63, 3.8) is 0 Å². The van der Waals surface area contributed by atoms with Crippen molar-refractivity contribution in [1.82, 2.24) is 4.90 Å². The summed E-state index contributed by atoms with van der Waals surface area (Å²) in [5, 5.41) is 10.6. The Kier molecular flexibility index (Phi) is 5.15. The zero-order valence-corrected chi connectivity index (χ0v) is 14.4. The summed E-state index contributed by atoms with van der Waals surface area (Å²) in [5.74, 6) is -4.38. The Morgan fingerprint density at radius 2 is 1.85 bits per heavy atom. The molecule has 1 aliphatic rings. The third-order valence-corrected chi connectivity index (χ3v) is 3.44. The number of hydrogen-bond acceptors (Lipinski definition) is 6. The maximum absolute atomic E-state index is 13.7. The number of esters is 1. The summed E-state index contributed by atoms with van der Waals surface area (Å²) in [7, 11) is 0. The van der Waals surface area contributed by atoms with Crippen molar-refractivity contribution in [3.05, 3.63) is 34.4 Å². The van der Waals surface area contributed by atoms with E-state index < -0.39 is 47.5 Å². The fourth-order valence-corrected chi connectivity index (χ4v) is 2.36. The monoisotopic (exact) mass is 372 g/mol. The van der Waals surface area contributed by atoms with Crippen LogP contribution in [-0.4, -0.2) is 46.0 Å². The van der Waals surface area contributed by atoms with Crippen LogP contribution < -0.4 is 4.74 Å². The Balaban J connectivity index is 2.13. The Hall–Kier alpha value is -2.78. The molecule has 0 radical (unpaired) electrons. The Morgan fingerprint density at radius 1 is 1.27 bits per heavy atom. The van der Waals surface area contributed by atoms with E-state index in [0.29, 0.717) is 4.90 Å². The minimum atomic E-state index is -3.25. The summed E-state index contributed by atoms with van der Waals surface area (Å²) >= 11 is 0. The van der Waals surface area contributed by atoms with E-state index in [-0.39, 0.29) is 11.4 Å². The Labute approximate surface area is 147 Å². The molecule has 1 aromatic carbocycles. The molecule has 0 aromatic heterocycles. The fourth-order valence-electron chi connectivity index (χ4n) is 2.36. The number of amides is 1. The lowest BCUT2D eigenvalue weighted by Gasteiger charge is -2.27. The minimum Gasteiger partial charge on any atom is -0.444 e. The predicted molar refractivity (Wildman–Crippen MR) is 85.0 cm³/mol. The second-order valence-electron chi connectivity index (χ2n) is 6.86. The zero-order valence-electron chi connectivity index (χ0n) is 14.4. The van der Waals surface area contributed by atoms with Gasteiger partial charge in [0, 0.05) is 18.6 Å². The van der Waals surface area contributed by atoms with Gasteiger partial charge in [0.1, 0.15) is 17.4 Å². The van der Waals surface area contributed by atoms with Crippen LogP contribution in [0.15, 0.2) is 24.3 Å². The summed E-state index contributed by atoms with van der Waals surface area (Å²) in [4.78, 5) is 35.0. The predicted octanol–water partition coefficient (Wildman–Crippen LogP) is 3.14. The quantitative estimate of drug-likeness (QED) is 0.350. The first-order valence-corrected chi connectivity index (χ1v) is 7.71. The van der Waals surface area contributed by atoms with Gasteiger partial charge in [-0.25, -0.2) is 18.4 Å². The van der Waals surface area contributed by atoms with Gasteiger partial charge in [-0.2, -0.15) is 0 Å². The van der Waals surface area contributed by atoms with Crippen molar-refractivity contribution in [2.24, 2.45) is 0 Å². The summed E-state index contributed by atoms with van der Waals surface area (Å²) < 4.78 is 37.5. The maximum Gasteiger partial charge on any atom is 0.411 e. The van der Waals surface area contributed by atoms with E-state index in [0.717, 1.165) is 12.1 Å². The number of rotatable bonds is 3. The number of carbonyl (C=O) groups excluding carboxylic acids is 2. The maximum atomic E-state index is 13.7. The lowest BCUT2D eigenvalue weighted by molar-refractivity contribution is -0.384. The summed E-state index contributed by atoms with van der Waals surface area (Å²) in [6.45, 7) is 3.76. The lowest BCUT2D eigenvalue weighted by Crippen LogP contribution is -2.45. The molecule has 1 saturated heterocycles. The van der Waals surface area contributed by atoms with Crippen LogP contribution in [0.5, 0.6) is 5.75 Å². The standard InChI is InChI=1S/C16H18F2N2O6/c1-15(2,3)26-14(22)19-9-16(17,18)8-12(19)13(21)25-11-6-4-10(5-7-11)20(23)24/h4-7,12H,8-9H2,1-3H3/t12-/m0/s1. The molecule has 1 fully saturated rings. The molecule has 26 heavy (non-hydrogen) atoms. The van der Waals surface area contributed by atoms with Gasteiger partial charge in [-0.05, 0) is 32.9 Å². The molecule has 1 heterocycles. The van der Waals surface area contributed by atoms with E-state index in [9.17, 15) is 28.5 Å². The van der Waals surface area contributed by atoms with Crippen LogP contribution in [0.3, 0.4) is 0 Å². The van der Waals surface area contributed by atoms with Crippen LogP contribution >= 0.6 is 0 Å². The second kappa shape index (κ2) is 6.85. The highest BCUT2D eigenvalue weighted by Crippen LogP contribution is 2.34. The van der Waals surface area contributed by atoms with Gasteiger partial charge in [-0.3, -0.25) is 15.0 Å². The lowest BCUT2D eigenvalue weighted by atomic mass is 10.2. The minimum absolute atomic E-state index is 0.0556. The highest BCUT2D eigenvalue weighted by Gasteiger charge is 2.52. The van der Waals surface area contributed by atoms with Gasteiger partial charge >= 0.3 is 12.1 Å². The van der Waals surface area contributed by atoms with Crippen LogP contribution in [-0.2, 0) is 9.53 Å². The number of alkyl halides is 2. The molecule has 8 nitrogen and oxygen atoms in total. The van der Waals surface area contributed by atoms with Crippen LogP contribution in [0.2, 0.25) is 0 Å². The number of benzene rings is 1. The molecule has 142 valence electrons. The zero-order chi connectivity index (χ0) is 19.7. The van der Waals surface area contributed by atoms with Crippen LogP contribution in [0.1, 0.15) is 27.2 Å². The summed E-state index contributed by atoms with van der Waals surface area (Å²) in [5.41, 5.74) is -1.13. The van der Waals surface area contributed by atoms with Gasteiger partial charge in [0.05, 0.1) is 11.5 Å². The van der Waals surface area contributed by atoms with Crippen molar-refractivity contribution in [2.45, 2.75) is 44.8 Å². The average molecular weight is 372 g/mol. The average Bonchev–Trinajstić information content (AvgIpc) is 2.82. The molecule has 1 atom stereocenters. The number of ether oxygens (including phenoxy) is 2. The van der Waals surface area contributed by atoms with Crippen molar-refractivity contribution in [1.29, 1.82) is 0 Å². The number of likely N-dealkylation sites (tertiary alicyclic amines) is 1. The molecule has 1 aliphatic heterocycles. The van der Waals surface area contributed by atoms with Gasteiger partial charge in [0.2, 0.25) is 0 Å². The van der Waals surface area contributed by atoms with E-state index in [2.05, 4.69) is 0 Å². The molecule has 10 heteroatoms. The normalized spacial score (nSPS) is 19.1. The first-order valence-electron chi connectivity index (χ1n) is 7.71. The van der Waals surface area contributed by atoms with Crippen molar-refractivity contribution >= 4 is 17.7 Å². The first-order chi connectivity index (χ1) is 11.9. The number of halogens is 2. The molecule has 0 spiro atoms. The second-order valence-corrected chi connectivity index (χ2v) is 6.86. The van der Waals surface area contributed by atoms with Gasteiger partial charge in [-0.15, -0.1) is 0 Å². The van der Waals surface area contributed by atoms with Crippen LogP contribution in [0, 0.1) is 10.1 Å². The Morgan fingerprint density at radius 3 is 2.35 bits per heavy atom. The van der Waals surface area contributed by atoms with Crippen LogP contribution in [0.4, 0.5) is 19.3 Å². The SMILES string of the molecule is CC(C)(C)OC(=O)N1CC(F)(F)C[C@H]1C(=O)Oc1ccc([N+](=O)[O-])cc1. The number of non-ortho nitro benzene ring substituents is 1. The van der Waals surface area contributed by atoms with E-state index >= 15 is 0 Å². The largest absolute Gasteiger partial charge is 0.444 e. The molecule has 1 aromatic rings. The molecule has 2 rings (SSSR count). The molecule has 0 N–H and O–H groups in total. The van der Waals surface area contributed by atoms with E-state index in [4.69, 9.17) is 9.47 Å². The van der Waals surface area contributed by atoms with E-state index in [1.807, 2.05) is 0 Å². The summed E-state index contributed by atoms with van der Waals surface area (Å²) in [6.07, 6.45) is -1.93. The van der Waals surface area contributed by atoms with Gasteiger partial charge in [0.15, 0.2) is 0 Å². The smallest absolute Gasteiger partial charge is 0.411 e. The van der Waals surface area contributed by atoms with Crippen molar-refractivity contribution in [3.8, 4) is 5.75 Å². The first kappa shape index (κ1) is 19.5. The summed E-state index contributed by atoms with van der Waals surface area (Å²) in [6, 6.07) is 3.03. The third-order valence-electron chi connectivity index (χ3n) is 3.44. The van der Waals surface area contributed by atoms with Gasteiger partial charge < -0.3 is 9.47 Å². The molecule has 0 saturated carbocycles. The number of hydrogen-bond donors (Lipinski definition) is 0. The van der Waals surface area contributed by atoms with Gasteiger partial charge in [-0.1, -0.05) is 0 Å². The fraction of sp³-hybridized carbons (Fsp3) is 0.500. The van der Waals surface area contributed by atoms with Crippen molar-refractivity contribution < 1.29 is 32.8 Å². The topological polar surface area (TPSA) is 99.0 Å². The van der Waals surface area contributed by atoms with E-state index in [1.54, 1.807) is 20.8 Å². The molecule has 1 amide bonds. The molecular formula is C16H18F2N2O6. The Bertz CT molecular complexity index is 714. The number of nitro groups is 1. The molecular weight excluding hydrogens is 354 g/mol. The number of nitrogens with zero attached hydrogens (tertiary/aromatic N) is 2. The molecule has 0 unspecified atom stereocenters. The van der Waals surface area contributed by atoms with Crippen molar-refractivity contribution in [2.75, 3.05) is 6.54 Å². The highest BCUT2D eigenvalue weighted by molar-refractivity contribution is 5.84. The van der Waals surface area contributed by atoms with Crippen LogP contribution in [0.25, 0.3) is 0 Å². The number of nitro benzene ring substituents is 1. The molecule has 0 aliphatic carbocycles. The van der Waals surface area contributed by atoms with Gasteiger partial charge in [0.25, 0.3) is 11.6 Å².